The summed E-state index contributed by atoms with van der Waals surface area (Å²) in [7, 11) is 0. The lowest BCUT2D eigenvalue weighted by atomic mass is 10.1. The van der Waals surface area contributed by atoms with E-state index in [1.54, 1.807) is 0 Å². The maximum Gasteiger partial charge on any atom is 0.0236 e. The molecule has 1 aromatic carbocycles. The minimum absolute atomic E-state index is 0.630. The lowest BCUT2D eigenvalue weighted by Gasteiger charge is -2.28. The molecule has 0 aromatic heterocycles. The Morgan fingerprint density at radius 1 is 1.11 bits per heavy atom. The Kier molecular flexibility index (Phi) is 7.76. The van der Waals surface area contributed by atoms with E-state index >= 15 is 0 Å². The Morgan fingerprint density at radius 3 is 2.37 bits per heavy atom. The third-order valence-corrected chi connectivity index (χ3v) is 3.55. The second kappa shape index (κ2) is 9.11. The van der Waals surface area contributed by atoms with Crippen molar-refractivity contribution in [2.24, 2.45) is 5.92 Å². The molecule has 0 saturated carbocycles. The molecule has 1 aromatic rings. The van der Waals surface area contributed by atoms with Crippen LogP contribution in [-0.4, -0.2) is 30.6 Å². The number of hydrogen-bond donors (Lipinski definition) is 1. The molecule has 2 nitrogen and oxygen atoms in total. The minimum Gasteiger partial charge on any atom is -0.316 e. The summed E-state index contributed by atoms with van der Waals surface area (Å²) in [5.41, 5.74) is 1.41. The lowest BCUT2D eigenvalue weighted by molar-refractivity contribution is 0.200. The third kappa shape index (κ3) is 6.74. The summed E-state index contributed by atoms with van der Waals surface area (Å²) in [4.78, 5) is 2.55. The van der Waals surface area contributed by atoms with Gasteiger partial charge in [0, 0.05) is 12.6 Å². The quantitative estimate of drug-likeness (QED) is 0.685. The van der Waals surface area contributed by atoms with Crippen LogP contribution in [0.3, 0.4) is 0 Å². The predicted molar refractivity (Wildman–Crippen MR) is 84.3 cm³/mol. The maximum absolute atomic E-state index is 3.53. The van der Waals surface area contributed by atoms with E-state index < -0.39 is 0 Å². The fourth-order valence-corrected chi connectivity index (χ4v) is 2.28. The highest BCUT2D eigenvalue weighted by molar-refractivity contribution is 5.14. The van der Waals surface area contributed by atoms with Gasteiger partial charge in [-0.05, 0) is 44.5 Å². The largest absolute Gasteiger partial charge is 0.316 e. The van der Waals surface area contributed by atoms with Gasteiger partial charge in [0.05, 0.1) is 0 Å². The van der Waals surface area contributed by atoms with Gasteiger partial charge in [0.2, 0.25) is 0 Å². The third-order valence-electron chi connectivity index (χ3n) is 3.55. The van der Waals surface area contributed by atoms with Crippen LogP contribution in [0.25, 0.3) is 0 Å². The summed E-state index contributed by atoms with van der Waals surface area (Å²) >= 11 is 0. The zero-order chi connectivity index (χ0) is 14.1. The molecule has 0 aliphatic rings. The van der Waals surface area contributed by atoms with Gasteiger partial charge in [-0.2, -0.15) is 0 Å². The fourth-order valence-electron chi connectivity index (χ4n) is 2.28. The fraction of sp³-hybridized carbons (Fsp3) is 0.647. The van der Waals surface area contributed by atoms with Gasteiger partial charge in [0.1, 0.15) is 0 Å². The number of rotatable bonds is 9. The standard InChI is InChI=1S/C17H30N2/c1-5-19(14-17-9-7-6-8-10-17)16(4)11-12-18-13-15(2)3/h6-10,15-16,18H,5,11-14H2,1-4H3. The molecule has 1 atom stereocenters. The van der Waals surface area contributed by atoms with Crippen LogP contribution in [0.15, 0.2) is 30.3 Å². The Bertz CT molecular complexity index is 321. The smallest absolute Gasteiger partial charge is 0.0236 e. The van der Waals surface area contributed by atoms with E-state index in [2.05, 4.69) is 68.2 Å². The Morgan fingerprint density at radius 2 is 1.79 bits per heavy atom. The minimum atomic E-state index is 0.630. The normalized spacial score (nSPS) is 13.2. The molecule has 0 heterocycles. The average Bonchev–Trinajstić information content (AvgIpc) is 2.41. The van der Waals surface area contributed by atoms with Crippen LogP contribution in [0, 0.1) is 5.92 Å². The Labute approximate surface area is 119 Å². The van der Waals surface area contributed by atoms with Gasteiger partial charge in [0.15, 0.2) is 0 Å². The second-order valence-corrected chi connectivity index (χ2v) is 5.78. The van der Waals surface area contributed by atoms with Crippen molar-refractivity contribution in [3.05, 3.63) is 35.9 Å². The topological polar surface area (TPSA) is 15.3 Å². The highest BCUT2D eigenvalue weighted by Crippen LogP contribution is 2.10. The Balaban J connectivity index is 2.33. The number of nitrogens with one attached hydrogen (secondary N) is 1. The van der Waals surface area contributed by atoms with Crippen molar-refractivity contribution < 1.29 is 0 Å². The number of hydrogen-bond acceptors (Lipinski definition) is 2. The summed E-state index contributed by atoms with van der Waals surface area (Å²) in [6.07, 6.45) is 1.22. The molecule has 0 spiro atoms. The zero-order valence-corrected chi connectivity index (χ0v) is 13.0. The lowest BCUT2D eigenvalue weighted by Crippen LogP contribution is -2.35. The highest BCUT2D eigenvalue weighted by Gasteiger charge is 2.11. The van der Waals surface area contributed by atoms with Crippen molar-refractivity contribution >= 4 is 0 Å². The molecule has 1 unspecified atom stereocenters. The summed E-state index contributed by atoms with van der Waals surface area (Å²) in [5, 5.41) is 3.53. The number of nitrogens with zero attached hydrogens (tertiary/aromatic N) is 1. The van der Waals surface area contributed by atoms with Crippen molar-refractivity contribution in [2.75, 3.05) is 19.6 Å². The Hall–Kier alpha value is -0.860. The number of benzene rings is 1. The SMILES string of the molecule is CCN(Cc1ccccc1)C(C)CCNCC(C)C. The van der Waals surface area contributed by atoms with Gasteiger partial charge in [-0.25, -0.2) is 0 Å². The van der Waals surface area contributed by atoms with E-state index in [1.165, 1.54) is 12.0 Å². The van der Waals surface area contributed by atoms with Crippen LogP contribution in [-0.2, 0) is 6.54 Å². The van der Waals surface area contributed by atoms with Gasteiger partial charge >= 0.3 is 0 Å². The van der Waals surface area contributed by atoms with Crippen molar-refractivity contribution in [2.45, 2.75) is 46.7 Å². The molecule has 0 fully saturated rings. The monoisotopic (exact) mass is 262 g/mol. The first-order valence-electron chi connectivity index (χ1n) is 7.62. The van der Waals surface area contributed by atoms with Crippen LogP contribution in [0.1, 0.15) is 39.7 Å². The molecule has 19 heavy (non-hydrogen) atoms. The summed E-state index contributed by atoms with van der Waals surface area (Å²) < 4.78 is 0. The predicted octanol–water partition coefficient (Wildman–Crippen LogP) is 3.53. The molecule has 2 heteroatoms. The first kappa shape index (κ1) is 16.2. The highest BCUT2D eigenvalue weighted by atomic mass is 15.1. The van der Waals surface area contributed by atoms with E-state index in [0.717, 1.165) is 32.1 Å². The summed E-state index contributed by atoms with van der Waals surface area (Å²) in [6.45, 7) is 13.5. The van der Waals surface area contributed by atoms with E-state index in [-0.39, 0.29) is 0 Å². The molecule has 1 N–H and O–H groups in total. The van der Waals surface area contributed by atoms with Crippen molar-refractivity contribution in [3.63, 3.8) is 0 Å². The molecule has 0 saturated heterocycles. The van der Waals surface area contributed by atoms with Crippen LogP contribution < -0.4 is 5.32 Å². The first-order chi connectivity index (χ1) is 9.13. The molecule has 0 aliphatic carbocycles. The summed E-state index contributed by atoms with van der Waals surface area (Å²) in [5.74, 6) is 0.738. The molecule has 0 amide bonds. The average molecular weight is 262 g/mol. The van der Waals surface area contributed by atoms with E-state index in [9.17, 15) is 0 Å². The van der Waals surface area contributed by atoms with Gasteiger partial charge in [-0.1, -0.05) is 51.1 Å². The molecule has 0 aliphatic heterocycles. The molecular formula is C17H30N2. The second-order valence-electron chi connectivity index (χ2n) is 5.78. The van der Waals surface area contributed by atoms with Gasteiger partial charge in [-0.15, -0.1) is 0 Å². The molecule has 108 valence electrons. The van der Waals surface area contributed by atoms with Crippen LogP contribution in [0.4, 0.5) is 0 Å². The van der Waals surface area contributed by atoms with Gasteiger partial charge in [-0.3, -0.25) is 4.90 Å². The van der Waals surface area contributed by atoms with Crippen LogP contribution in [0.2, 0.25) is 0 Å². The van der Waals surface area contributed by atoms with E-state index in [4.69, 9.17) is 0 Å². The summed E-state index contributed by atoms with van der Waals surface area (Å²) in [6, 6.07) is 11.4. The van der Waals surface area contributed by atoms with Gasteiger partial charge in [0.25, 0.3) is 0 Å². The molecule has 1 rings (SSSR count). The van der Waals surface area contributed by atoms with Crippen LogP contribution >= 0.6 is 0 Å². The zero-order valence-electron chi connectivity index (χ0n) is 13.0. The van der Waals surface area contributed by atoms with Crippen molar-refractivity contribution in [1.29, 1.82) is 0 Å². The van der Waals surface area contributed by atoms with Crippen molar-refractivity contribution in [1.82, 2.24) is 10.2 Å². The molecular weight excluding hydrogens is 232 g/mol. The van der Waals surface area contributed by atoms with E-state index in [1.807, 2.05) is 0 Å². The van der Waals surface area contributed by atoms with E-state index in [0.29, 0.717) is 6.04 Å². The molecule has 0 bridgehead atoms. The van der Waals surface area contributed by atoms with Crippen LogP contribution in [0.5, 0.6) is 0 Å². The first-order valence-corrected chi connectivity index (χ1v) is 7.62. The van der Waals surface area contributed by atoms with Gasteiger partial charge < -0.3 is 5.32 Å². The van der Waals surface area contributed by atoms with Crippen molar-refractivity contribution in [3.8, 4) is 0 Å². The molecule has 0 radical (unpaired) electrons. The maximum atomic E-state index is 3.53.